The fraction of sp³-hybridized carbons (Fsp3) is 0.158. The Morgan fingerprint density at radius 2 is 1.67 bits per heavy atom. The molecule has 2 aromatic carbocycles. The van der Waals surface area contributed by atoms with Gasteiger partial charge in [0.15, 0.2) is 0 Å². The number of rotatable bonds is 4. The second kappa shape index (κ2) is 6.15. The molecule has 5 nitrogen and oxygen atoms in total. The molecule has 0 saturated carbocycles. The summed E-state index contributed by atoms with van der Waals surface area (Å²) >= 11 is 0. The molecule has 1 aliphatic heterocycles. The lowest BCUT2D eigenvalue weighted by molar-refractivity contribution is -0.274. The normalized spacial score (nSPS) is 14.1. The maximum absolute atomic E-state index is 12.4. The minimum absolute atomic E-state index is 0.129. The summed E-state index contributed by atoms with van der Waals surface area (Å²) in [7, 11) is 0. The molecule has 1 aliphatic rings. The van der Waals surface area contributed by atoms with Crippen molar-refractivity contribution in [2.45, 2.75) is 12.8 Å². The van der Waals surface area contributed by atoms with Crippen molar-refractivity contribution in [3.05, 3.63) is 65.4 Å². The van der Waals surface area contributed by atoms with E-state index in [-0.39, 0.29) is 24.1 Å². The zero-order valence-electron chi connectivity index (χ0n) is 13.8. The SMILES string of the molecule is O=C1c2ccccc2C(=O)N1CCc1c[nH]c2ccc(OC(F)(F)F)cc12. The van der Waals surface area contributed by atoms with E-state index < -0.39 is 6.36 Å². The highest BCUT2D eigenvalue weighted by Gasteiger charge is 2.35. The van der Waals surface area contributed by atoms with Gasteiger partial charge in [-0.15, -0.1) is 13.2 Å². The monoisotopic (exact) mass is 374 g/mol. The van der Waals surface area contributed by atoms with E-state index >= 15 is 0 Å². The molecule has 2 amide bonds. The summed E-state index contributed by atoms with van der Waals surface area (Å²) in [6.45, 7) is 0.129. The third-order valence-corrected chi connectivity index (χ3v) is 4.46. The van der Waals surface area contributed by atoms with Crippen LogP contribution in [0, 0.1) is 0 Å². The molecule has 4 rings (SSSR count). The minimum Gasteiger partial charge on any atom is -0.406 e. The van der Waals surface area contributed by atoms with E-state index in [1.165, 1.54) is 18.2 Å². The van der Waals surface area contributed by atoms with Gasteiger partial charge in [-0.25, -0.2) is 0 Å². The molecule has 0 fully saturated rings. The van der Waals surface area contributed by atoms with Crippen LogP contribution in [0.2, 0.25) is 0 Å². The van der Waals surface area contributed by atoms with Gasteiger partial charge in [0.1, 0.15) is 5.75 Å². The Morgan fingerprint density at radius 3 is 2.30 bits per heavy atom. The van der Waals surface area contributed by atoms with E-state index in [1.54, 1.807) is 30.5 Å². The van der Waals surface area contributed by atoms with Crippen LogP contribution in [0.25, 0.3) is 10.9 Å². The van der Waals surface area contributed by atoms with E-state index in [2.05, 4.69) is 9.72 Å². The van der Waals surface area contributed by atoms with Gasteiger partial charge in [0.25, 0.3) is 11.8 Å². The molecule has 3 aromatic rings. The molecular formula is C19H13F3N2O3. The minimum atomic E-state index is -4.77. The Hall–Kier alpha value is -3.29. The van der Waals surface area contributed by atoms with Crippen molar-refractivity contribution in [3.8, 4) is 5.75 Å². The van der Waals surface area contributed by atoms with E-state index in [1.807, 2.05) is 0 Å². The number of nitrogens with one attached hydrogen (secondary N) is 1. The molecule has 2 heterocycles. The molecule has 8 heteroatoms. The van der Waals surface area contributed by atoms with Crippen LogP contribution in [-0.2, 0) is 6.42 Å². The van der Waals surface area contributed by atoms with Gasteiger partial charge in [0, 0.05) is 23.6 Å². The molecule has 27 heavy (non-hydrogen) atoms. The van der Waals surface area contributed by atoms with Gasteiger partial charge >= 0.3 is 6.36 Å². The summed E-state index contributed by atoms with van der Waals surface area (Å²) in [5.41, 5.74) is 2.06. The van der Waals surface area contributed by atoms with Gasteiger partial charge in [0.05, 0.1) is 11.1 Å². The number of halogens is 3. The number of H-pyrrole nitrogens is 1. The van der Waals surface area contributed by atoms with Gasteiger partial charge in [-0.2, -0.15) is 0 Å². The number of fused-ring (bicyclic) bond motifs is 2. The van der Waals surface area contributed by atoms with Crippen LogP contribution in [-0.4, -0.2) is 34.6 Å². The third kappa shape index (κ3) is 3.14. The summed E-state index contributed by atoms with van der Waals surface area (Å²) in [6.07, 6.45) is -2.81. The van der Waals surface area contributed by atoms with E-state index in [4.69, 9.17) is 0 Å². The number of ether oxygens (including phenoxy) is 1. The maximum atomic E-state index is 12.4. The lowest BCUT2D eigenvalue weighted by atomic mass is 10.1. The van der Waals surface area contributed by atoms with Crippen LogP contribution in [0.1, 0.15) is 26.3 Å². The highest BCUT2D eigenvalue weighted by Crippen LogP contribution is 2.29. The number of alkyl halides is 3. The van der Waals surface area contributed by atoms with Crippen LogP contribution in [0.5, 0.6) is 5.75 Å². The molecule has 0 radical (unpaired) electrons. The molecular weight excluding hydrogens is 361 g/mol. The Morgan fingerprint density at radius 1 is 1.00 bits per heavy atom. The third-order valence-electron chi connectivity index (χ3n) is 4.46. The first-order valence-electron chi connectivity index (χ1n) is 8.14. The van der Waals surface area contributed by atoms with Crippen molar-refractivity contribution < 1.29 is 27.5 Å². The van der Waals surface area contributed by atoms with E-state index in [0.717, 1.165) is 4.90 Å². The van der Waals surface area contributed by atoms with Crippen molar-refractivity contribution in [1.29, 1.82) is 0 Å². The van der Waals surface area contributed by atoms with Crippen molar-refractivity contribution in [1.82, 2.24) is 9.88 Å². The van der Waals surface area contributed by atoms with Gasteiger partial charge in [-0.1, -0.05) is 12.1 Å². The van der Waals surface area contributed by atoms with Crippen molar-refractivity contribution in [2.24, 2.45) is 0 Å². The number of aromatic nitrogens is 1. The standard InChI is InChI=1S/C19H13F3N2O3/c20-19(21,22)27-12-5-6-16-15(9-12)11(10-23-16)7-8-24-17(25)13-3-1-2-4-14(13)18(24)26/h1-6,9-10,23H,7-8H2. The molecule has 0 atom stereocenters. The highest BCUT2D eigenvalue weighted by atomic mass is 19.4. The Bertz CT molecular complexity index is 1020. The van der Waals surface area contributed by atoms with Gasteiger partial charge in [-0.05, 0) is 42.3 Å². The number of carbonyl (C=O) groups excluding carboxylic acids is 2. The second-order valence-corrected chi connectivity index (χ2v) is 6.13. The van der Waals surface area contributed by atoms with Crippen LogP contribution in [0.15, 0.2) is 48.7 Å². The number of nitrogens with zero attached hydrogens (tertiary/aromatic N) is 1. The molecule has 1 aromatic heterocycles. The van der Waals surface area contributed by atoms with E-state index in [9.17, 15) is 22.8 Å². The zero-order chi connectivity index (χ0) is 19.2. The largest absolute Gasteiger partial charge is 0.573 e. The number of hydrogen-bond donors (Lipinski definition) is 1. The highest BCUT2D eigenvalue weighted by molar-refractivity contribution is 6.21. The first kappa shape index (κ1) is 17.1. The van der Waals surface area contributed by atoms with Crippen LogP contribution < -0.4 is 4.74 Å². The van der Waals surface area contributed by atoms with Crippen LogP contribution in [0.3, 0.4) is 0 Å². The molecule has 0 spiro atoms. The Balaban J connectivity index is 1.55. The predicted molar refractivity (Wildman–Crippen MR) is 90.5 cm³/mol. The summed E-state index contributed by atoms with van der Waals surface area (Å²) in [5, 5.41) is 0.549. The van der Waals surface area contributed by atoms with Gasteiger partial charge < -0.3 is 9.72 Å². The second-order valence-electron chi connectivity index (χ2n) is 6.13. The Kier molecular flexibility index (Phi) is 3.91. The Labute approximate surface area is 151 Å². The van der Waals surface area contributed by atoms with Crippen molar-refractivity contribution in [2.75, 3.05) is 6.54 Å². The lowest BCUT2D eigenvalue weighted by Gasteiger charge is -2.13. The first-order chi connectivity index (χ1) is 12.8. The summed E-state index contributed by atoms with van der Waals surface area (Å²) < 4.78 is 41.2. The number of imide groups is 1. The number of amides is 2. The number of benzene rings is 2. The molecule has 138 valence electrons. The summed E-state index contributed by atoms with van der Waals surface area (Å²) in [5.74, 6) is -1.05. The fourth-order valence-corrected chi connectivity index (χ4v) is 3.24. The molecule has 0 saturated heterocycles. The van der Waals surface area contributed by atoms with Gasteiger partial charge in [0.2, 0.25) is 0 Å². The first-order valence-corrected chi connectivity index (χ1v) is 8.14. The van der Waals surface area contributed by atoms with Crippen LogP contribution >= 0.6 is 0 Å². The average molecular weight is 374 g/mol. The smallest absolute Gasteiger partial charge is 0.406 e. The predicted octanol–water partition coefficient (Wildman–Crippen LogP) is 3.91. The number of carbonyl (C=O) groups is 2. The number of aromatic amines is 1. The summed E-state index contributed by atoms with van der Waals surface area (Å²) in [4.78, 5) is 28.9. The summed E-state index contributed by atoms with van der Waals surface area (Å²) in [6, 6.07) is 10.6. The lowest BCUT2D eigenvalue weighted by Crippen LogP contribution is -2.31. The van der Waals surface area contributed by atoms with Crippen LogP contribution in [0.4, 0.5) is 13.2 Å². The molecule has 1 N–H and O–H groups in total. The molecule has 0 unspecified atom stereocenters. The maximum Gasteiger partial charge on any atom is 0.573 e. The number of hydrogen-bond acceptors (Lipinski definition) is 3. The zero-order valence-corrected chi connectivity index (χ0v) is 13.8. The average Bonchev–Trinajstić information content (AvgIpc) is 3.12. The van der Waals surface area contributed by atoms with Crippen molar-refractivity contribution in [3.63, 3.8) is 0 Å². The fourth-order valence-electron chi connectivity index (χ4n) is 3.24. The molecule has 0 aliphatic carbocycles. The molecule has 0 bridgehead atoms. The quantitative estimate of drug-likeness (QED) is 0.705. The van der Waals surface area contributed by atoms with E-state index in [0.29, 0.717) is 34.0 Å². The van der Waals surface area contributed by atoms with Crippen molar-refractivity contribution >= 4 is 22.7 Å². The topological polar surface area (TPSA) is 62.4 Å². The van der Waals surface area contributed by atoms with Gasteiger partial charge in [-0.3, -0.25) is 14.5 Å².